The molecule has 0 unspecified atom stereocenters. The molecule has 0 N–H and O–H groups in total. The molecule has 6 rings (SSSR count). The topological polar surface area (TPSA) is 59.7 Å². The number of pyridine rings is 1. The summed E-state index contributed by atoms with van der Waals surface area (Å²) in [7, 11) is 2.06. The average molecular weight is 497 g/mol. The Morgan fingerprint density at radius 1 is 0.973 bits per heavy atom. The van der Waals surface area contributed by atoms with Gasteiger partial charge in [-0.05, 0) is 61.7 Å². The van der Waals surface area contributed by atoms with Crippen LogP contribution in [0.5, 0.6) is 5.75 Å². The second-order valence-electron chi connectivity index (χ2n) is 10.1. The molecule has 37 heavy (non-hydrogen) atoms. The Morgan fingerprint density at radius 3 is 2.57 bits per heavy atom. The largest absolute Gasteiger partial charge is 0.489 e. The third-order valence-electron chi connectivity index (χ3n) is 7.72. The number of carbonyl (C=O) groups excluding carboxylic acids is 1. The van der Waals surface area contributed by atoms with Crippen molar-refractivity contribution >= 4 is 16.8 Å². The molecular formula is C30H32N4O3. The number of nitrogens with zero attached hydrogens (tertiary/aromatic N) is 4. The number of amides is 1. The summed E-state index contributed by atoms with van der Waals surface area (Å²) in [4.78, 5) is 30.2. The zero-order valence-electron chi connectivity index (χ0n) is 21.2. The van der Waals surface area contributed by atoms with Crippen LogP contribution in [0.25, 0.3) is 16.6 Å². The predicted molar refractivity (Wildman–Crippen MR) is 144 cm³/mol. The lowest BCUT2D eigenvalue weighted by Crippen LogP contribution is -2.42. The van der Waals surface area contributed by atoms with E-state index < -0.39 is 0 Å². The van der Waals surface area contributed by atoms with Gasteiger partial charge in [-0.2, -0.15) is 0 Å². The highest BCUT2D eigenvalue weighted by Crippen LogP contribution is 2.31. The van der Waals surface area contributed by atoms with Crippen LogP contribution in [0.2, 0.25) is 0 Å². The highest BCUT2D eigenvalue weighted by molar-refractivity contribution is 5.88. The van der Waals surface area contributed by atoms with Crippen molar-refractivity contribution in [3.8, 4) is 11.4 Å². The van der Waals surface area contributed by atoms with Crippen LogP contribution in [0.1, 0.15) is 29.7 Å². The fraction of sp³-hybridized carbons (Fsp3) is 0.333. The number of aromatic nitrogens is 2. The lowest BCUT2D eigenvalue weighted by atomic mass is 10.0. The van der Waals surface area contributed by atoms with Gasteiger partial charge in [0.2, 0.25) is 5.91 Å². The van der Waals surface area contributed by atoms with Crippen molar-refractivity contribution in [2.45, 2.75) is 32.4 Å². The maximum atomic E-state index is 13.0. The lowest BCUT2D eigenvalue weighted by Gasteiger charge is -2.29. The van der Waals surface area contributed by atoms with Gasteiger partial charge in [-0.1, -0.05) is 36.4 Å². The highest BCUT2D eigenvalue weighted by atomic mass is 16.5. The zero-order chi connectivity index (χ0) is 25.4. The van der Waals surface area contributed by atoms with Crippen molar-refractivity contribution in [1.29, 1.82) is 0 Å². The molecule has 0 atom stereocenters. The number of hydrogen-bond donors (Lipinski definition) is 0. The Bertz CT molecular complexity index is 1500. The minimum absolute atomic E-state index is 0.137. The standard InChI is InChI=1S/C30H32N4O3/c1-31-27-17-23(34-16-11-24(18-29(34)35)37-21-22-7-3-2-4-8-22)9-10-25(27)26-12-15-33(19-28(26)31)30(36)20-32-13-5-6-14-32/h2-4,7-11,16-18H,5-6,12-15,19-21H2,1H3. The Balaban J connectivity index is 1.22. The van der Waals surface area contributed by atoms with Crippen LogP contribution < -0.4 is 10.3 Å². The van der Waals surface area contributed by atoms with Crippen LogP contribution >= 0.6 is 0 Å². The normalized spacial score (nSPS) is 15.8. The van der Waals surface area contributed by atoms with E-state index in [1.54, 1.807) is 10.8 Å². The van der Waals surface area contributed by atoms with E-state index in [1.807, 2.05) is 47.4 Å². The van der Waals surface area contributed by atoms with Crippen molar-refractivity contribution in [3.05, 3.63) is 94.0 Å². The van der Waals surface area contributed by atoms with Crippen molar-refractivity contribution in [1.82, 2.24) is 18.9 Å². The van der Waals surface area contributed by atoms with Gasteiger partial charge in [0.15, 0.2) is 0 Å². The van der Waals surface area contributed by atoms with Crippen molar-refractivity contribution in [2.24, 2.45) is 7.05 Å². The van der Waals surface area contributed by atoms with E-state index in [1.165, 1.54) is 35.6 Å². The van der Waals surface area contributed by atoms with Gasteiger partial charge in [0, 0.05) is 36.9 Å². The first kappa shape index (κ1) is 23.6. The second-order valence-corrected chi connectivity index (χ2v) is 10.1. The highest BCUT2D eigenvalue weighted by Gasteiger charge is 2.27. The number of benzene rings is 2. The fourth-order valence-corrected chi connectivity index (χ4v) is 5.64. The quantitative estimate of drug-likeness (QED) is 0.407. The molecule has 2 aromatic heterocycles. The molecule has 0 aliphatic carbocycles. The number of hydrogen-bond acceptors (Lipinski definition) is 4. The smallest absolute Gasteiger partial charge is 0.258 e. The summed E-state index contributed by atoms with van der Waals surface area (Å²) in [5, 5.41) is 1.20. The summed E-state index contributed by atoms with van der Waals surface area (Å²) in [5.41, 5.74) is 5.31. The molecule has 4 aromatic rings. The summed E-state index contributed by atoms with van der Waals surface area (Å²) in [6, 6.07) is 19.4. The summed E-state index contributed by atoms with van der Waals surface area (Å²) in [5.74, 6) is 0.777. The van der Waals surface area contributed by atoms with Crippen molar-refractivity contribution in [3.63, 3.8) is 0 Å². The molecule has 0 radical (unpaired) electrons. The fourth-order valence-electron chi connectivity index (χ4n) is 5.64. The molecule has 0 saturated carbocycles. The Hall–Kier alpha value is -3.84. The van der Waals surface area contributed by atoms with E-state index in [4.69, 9.17) is 4.74 Å². The first-order valence-corrected chi connectivity index (χ1v) is 13.1. The molecule has 2 aliphatic heterocycles. The first-order valence-electron chi connectivity index (χ1n) is 13.1. The molecule has 1 saturated heterocycles. The Morgan fingerprint density at radius 2 is 1.78 bits per heavy atom. The first-order chi connectivity index (χ1) is 18.1. The molecular weight excluding hydrogens is 464 g/mol. The van der Waals surface area contributed by atoms with Gasteiger partial charge in [0.05, 0.1) is 24.3 Å². The molecule has 2 aliphatic rings. The van der Waals surface area contributed by atoms with Crippen LogP contribution in [0, 0.1) is 0 Å². The maximum absolute atomic E-state index is 13.0. The van der Waals surface area contributed by atoms with E-state index in [0.29, 0.717) is 25.4 Å². The third kappa shape index (κ3) is 4.67. The van der Waals surface area contributed by atoms with Crippen LogP contribution in [-0.4, -0.2) is 51.0 Å². The van der Waals surface area contributed by atoms with Crippen LogP contribution in [-0.2, 0) is 31.4 Å². The Labute approximate surface area is 216 Å². The Kier molecular flexibility index (Phi) is 6.30. The van der Waals surface area contributed by atoms with Gasteiger partial charge in [-0.25, -0.2) is 0 Å². The van der Waals surface area contributed by atoms with E-state index in [0.717, 1.165) is 42.8 Å². The molecule has 1 fully saturated rings. The lowest BCUT2D eigenvalue weighted by molar-refractivity contribution is -0.133. The maximum Gasteiger partial charge on any atom is 0.258 e. The van der Waals surface area contributed by atoms with Gasteiger partial charge in [0.25, 0.3) is 5.56 Å². The summed E-state index contributed by atoms with van der Waals surface area (Å²) >= 11 is 0. The monoisotopic (exact) mass is 496 g/mol. The van der Waals surface area contributed by atoms with Crippen LogP contribution in [0.15, 0.2) is 71.7 Å². The minimum Gasteiger partial charge on any atom is -0.489 e. The van der Waals surface area contributed by atoms with Crippen LogP contribution in [0.4, 0.5) is 0 Å². The molecule has 1 amide bonds. The number of ether oxygens (including phenoxy) is 1. The second kappa shape index (κ2) is 9.90. The van der Waals surface area contributed by atoms with E-state index in [2.05, 4.69) is 28.6 Å². The number of likely N-dealkylation sites (tertiary alicyclic amines) is 1. The van der Waals surface area contributed by atoms with Gasteiger partial charge in [0.1, 0.15) is 12.4 Å². The summed E-state index contributed by atoms with van der Waals surface area (Å²) < 4.78 is 9.66. The van der Waals surface area contributed by atoms with Gasteiger partial charge in [-0.15, -0.1) is 0 Å². The number of carbonyl (C=O) groups is 1. The van der Waals surface area contributed by atoms with E-state index in [-0.39, 0.29) is 11.5 Å². The van der Waals surface area contributed by atoms with Gasteiger partial charge in [-0.3, -0.25) is 19.1 Å². The van der Waals surface area contributed by atoms with E-state index >= 15 is 0 Å². The molecule has 0 bridgehead atoms. The zero-order valence-corrected chi connectivity index (χ0v) is 21.2. The molecule has 4 heterocycles. The number of rotatable bonds is 6. The predicted octanol–water partition coefficient (Wildman–Crippen LogP) is 3.89. The SMILES string of the molecule is Cn1c2c(c3ccc(-n4ccc(OCc5ccccc5)cc4=O)cc31)CCN(C(=O)CN1CCCC1)C2. The van der Waals surface area contributed by atoms with Crippen molar-refractivity contribution in [2.75, 3.05) is 26.2 Å². The minimum atomic E-state index is -0.137. The number of fused-ring (bicyclic) bond motifs is 3. The van der Waals surface area contributed by atoms with Crippen LogP contribution in [0.3, 0.4) is 0 Å². The number of aryl methyl sites for hydroxylation is 1. The molecule has 7 heteroatoms. The molecule has 190 valence electrons. The molecule has 0 spiro atoms. The molecule has 7 nitrogen and oxygen atoms in total. The van der Waals surface area contributed by atoms with Crippen molar-refractivity contribution < 1.29 is 9.53 Å². The third-order valence-corrected chi connectivity index (χ3v) is 7.72. The molecule has 2 aromatic carbocycles. The van der Waals surface area contributed by atoms with Gasteiger partial charge < -0.3 is 14.2 Å². The summed E-state index contributed by atoms with van der Waals surface area (Å²) in [6.45, 7) is 4.39. The summed E-state index contributed by atoms with van der Waals surface area (Å²) in [6.07, 6.45) is 5.00. The average Bonchev–Trinajstić information content (AvgIpc) is 3.54. The van der Waals surface area contributed by atoms with E-state index in [9.17, 15) is 9.59 Å². The van der Waals surface area contributed by atoms with Gasteiger partial charge >= 0.3 is 0 Å².